The second kappa shape index (κ2) is 6.39. The van der Waals surface area contributed by atoms with Gasteiger partial charge in [-0.05, 0) is 30.7 Å². The minimum absolute atomic E-state index is 0.304. The average molecular weight is 187 g/mol. The van der Waals surface area contributed by atoms with Crippen LogP contribution in [0.15, 0.2) is 0 Å². The van der Waals surface area contributed by atoms with Crippen LogP contribution in [-0.2, 0) is 0 Å². The summed E-state index contributed by atoms with van der Waals surface area (Å²) in [6.45, 7) is 11.2. The van der Waals surface area contributed by atoms with Gasteiger partial charge in [0.25, 0.3) is 0 Å². The van der Waals surface area contributed by atoms with Crippen LogP contribution in [0.25, 0.3) is 0 Å². The zero-order valence-electron chi connectivity index (χ0n) is 9.56. The first-order valence-electron chi connectivity index (χ1n) is 5.33. The normalized spacial score (nSPS) is 14.5. The predicted molar refractivity (Wildman–Crippen MR) is 57.8 cm³/mol. The van der Waals surface area contributed by atoms with E-state index in [1.807, 2.05) is 0 Å². The third kappa shape index (κ3) is 7.03. The van der Waals surface area contributed by atoms with E-state index in [-0.39, 0.29) is 0 Å². The van der Waals surface area contributed by atoms with Gasteiger partial charge in [0, 0.05) is 13.2 Å². The lowest BCUT2D eigenvalue weighted by atomic mass is 9.90. The fourth-order valence-corrected chi connectivity index (χ4v) is 0.992. The van der Waals surface area contributed by atoms with Crippen LogP contribution in [0.4, 0.5) is 0 Å². The second-order valence-electron chi connectivity index (χ2n) is 4.77. The molecule has 80 valence electrons. The maximum Gasteiger partial charge on any atom is 0.0457 e. The molecule has 0 aliphatic heterocycles. The van der Waals surface area contributed by atoms with Crippen molar-refractivity contribution in [2.75, 3.05) is 19.7 Å². The van der Waals surface area contributed by atoms with Gasteiger partial charge in [0.15, 0.2) is 0 Å². The van der Waals surface area contributed by atoms with Crippen molar-refractivity contribution in [2.24, 2.45) is 11.3 Å². The van der Waals surface area contributed by atoms with Gasteiger partial charge < -0.3 is 10.4 Å². The van der Waals surface area contributed by atoms with Crippen LogP contribution in [0.1, 0.15) is 40.5 Å². The highest BCUT2D eigenvalue weighted by Gasteiger charge is 2.13. The Hall–Kier alpha value is -0.0800. The average Bonchev–Trinajstić information content (AvgIpc) is 2.12. The monoisotopic (exact) mass is 187 g/mol. The molecule has 0 unspecified atom stereocenters. The van der Waals surface area contributed by atoms with E-state index >= 15 is 0 Å². The quantitative estimate of drug-likeness (QED) is 0.598. The van der Waals surface area contributed by atoms with E-state index in [4.69, 9.17) is 5.11 Å². The molecule has 1 atom stereocenters. The first-order chi connectivity index (χ1) is 6.02. The van der Waals surface area contributed by atoms with E-state index in [1.165, 1.54) is 6.42 Å². The van der Waals surface area contributed by atoms with Gasteiger partial charge in [-0.2, -0.15) is 0 Å². The van der Waals surface area contributed by atoms with Gasteiger partial charge in [-0.1, -0.05) is 27.7 Å². The van der Waals surface area contributed by atoms with Crippen molar-refractivity contribution in [2.45, 2.75) is 40.5 Å². The van der Waals surface area contributed by atoms with Crippen molar-refractivity contribution < 1.29 is 5.11 Å². The zero-order valence-corrected chi connectivity index (χ0v) is 9.56. The Kier molecular flexibility index (Phi) is 6.35. The lowest BCUT2D eigenvalue weighted by Gasteiger charge is -2.23. The first kappa shape index (κ1) is 12.9. The van der Waals surface area contributed by atoms with Crippen molar-refractivity contribution in [3.05, 3.63) is 0 Å². The van der Waals surface area contributed by atoms with Gasteiger partial charge in [0.1, 0.15) is 0 Å². The van der Waals surface area contributed by atoms with E-state index < -0.39 is 0 Å². The standard InChI is InChI=1S/C11H25NO/c1-5-11(3,4)9-12-7-6-10(2)8-13/h10,12-13H,5-9H2,1-4H3/t10-/m0/s1. The Morgan fingerprint density at radius 3 is 2.46 bits per heavy atom. The molecule has 2 nitrogen and oxygen atoms in total. The summed E-state index contributed by atoms with van der Waals surface area (Å²) < 4.78 is 0. The lowest BCUT2D eigenvalue weighted by molar-refractivity contribution is 0.227. The predicted octanol–water partition coefficient (Wildman–Crippen LogP) is 2.03. The summed E-state index contributed by atoms with van der Waals surface area (Å²) in [5.74, 6) is 0.428. The van der Waals surface area contributed by atoms with Gasteiger partial charge in [0.05, 0.1) is 0 Å². The second-order valence-corrected chi connectivity index (χ2v) is 4.77. The molecule has 0 amide bonds. The molecule has 13 heavy (non-hydrogen) atoms. The van der Waals surface area contributed by atoms with Gasteiger partial charge in [-0.15, -0.1) is 0 Å². The summed E-state index contributed by atoms with van der Waals surface area (Å²) >= 11 is 0. The van der Waals surface area contributed by atoms with Crippen molar-refractivity contribution in [3.63, 3.8) is 0 Å². The van der Waals surface area contributed by atoms with E-state index in [9.17, 15) is 0 Å². The molecule has 0 saturated carbocycles. The van der Waals surface area contributed by atoms with Crippen molar-refractivity contribution in [3.8, 4) is 0 Å². The zero-order chi connectivity index (χ0) is 10.3. The number of nitrogens with one attached hydrogen (secondary N) is 1. The summed E-state index contributed by atoms with van der Waals surface area (Å²) in [5.41, 5.74) is 0.405. The van der Waals surface area contributed by atoms with Gasteiger partial charge in [-0.25, -0.2) is 0 Å². The fraction of sp³-hybridized carbons (Fsp3) is 1.00. The highest BCUT2D eigenvalue weighted by Crippen LogP contribution is 2.17. The van der Waals surface area contributed by atoms with Crippen molar-refractivity contribution in [1.82, 2.24) is 5.32 Å². The summed E-state index contributed by atoms with van der Waals surface area (Å²) in [6.07, 6.45) is 2.27. The summed E-state index contributed by atoms with van der Waals surface area (Å²) in [6, 6.07) is 0. The topological polar surface area (TPSA) is 32.3 Å². The maximum atomic E-state index is 8.81. The highest BCUT2D eigenvalue weighted by molar-refractivity contribution is 4.69. The number of aliphatic hydroxyl groups excluding tert-OH is 1. The molecule has 0 aromatic carbocycles. The van der Waals surface area contributed by atoms with Crippen LogP contribution in [0.5, 0.6) is 0 Å². The molecule has 0 heterocycles. The van der Waals surface area contributed by atoms with Crippen molar-refractivity contribution >= 4 is 0 Å². The third-order valence-electron chi connectivity index (χ3n) is 2.69. The largest absolute Gasteiger partial charge is 0.396 e. The summed E-state index contributed by atoms with van der Waals surface area (Å²) in [7, 11) is 0. The smallest absolute Gasteiger partial charge is 0.0457 e. The molecule has 0 bridgehead atoms. The SMILES string of the molecule is CCC(C)(C)CNCC[C@H](C)CO. The third-order valence-corrected chi connectivity index (χ3v) is 2.69. The van der Waals surface area contributed by atoms with E-state index in [1.54, 1.807) is 0 Å². The van der Waals surface area contributed by atoms with Gasteiger partial charge in [0.2, 0.25) is 0 Å². The van der Waals surface area contributed by atoms with E-state index in [2.05, 4.69) is 33.0 Å². The number of hydrogen-bond acceptors (Lipinski definition) is 2. The highest BCUT2D eigenvalue weighted by atomic mass is 16.3. The molecular weight excluding hydrogens is 162 g/mol. The summed E-state index contributed by atoms with van der Waals surface area (Å²) in [4.78, 5) is 0. The van der Waals surface area contributed by atoms with Crippen LogP contribution in [0, 0.1) is 11.3 Å². The number of aliphatic hydroxyl groups is 1. The number of rotatable bonds is 7. The molecule has 0 rings (SSSR count). The lowest BCUT2D eigenvalue weighted by Crippen LogP contribution is -2.30. The number of hydrogen-bond donors (Lipinski definition) is 2. The molecule has 0 aromatic heterocycles. The molecule has 0 aromatic rings. The molecule has 2 N–H and O–H groups in total. The molecule has 0 aliphatic carbocycles. The Morgan fingerprint density at radius 1 is 1.38 bits per heavy atom. The van der Waals surface area contributed by atoms with Gasteiger partial charge in [-0.3, -0.25) is 0 Å². The van der Waals surface area contributed by atoms with Crippen LogP contribution >= 0.6 is 0 Å². The minimum atomic E-state index is 0.304. The summed E-state index contributed by atoms with van der Waals surface area (Å²) in [5, 5.41) is 12.2. The Bertz CT molecular complexity index is 123. The molecule has 0 spiro atoms. The Morgan fingerprint density at radius 2 is 2.00 bits per heavy atom. The van der Waals surface area contributed by atoms with Crippen molar-refractivity contribution in [1.29, 1.82) is 0 Å². The van der Waals surface area contributed by atoms with Crippen LogP contribution in [0.2, 0.25) is 0 Å². The fourth-order valence-electron chi connectivity index (χ4n) is 0.992. The maximum absolute atomic E-state index is 8.81. The van der Waals surface area contributed by atoms with Crippen LogP contribution in [0.3, 0.4) is 0 Å². The molecule has 2 heteroatoms. The molecule has 0 fully saturated rings. The van der Waals surface area contributed by atoms with Gasteiger partial charge >= 0.3 is 0 Å². The molecular formula is C11H25NO. The Labute approximate surface area is 82.7 Å². The molecule has 0 saturated heterocycles. The van der Waals surface area contributed by atoms with Crippen LogP contribution < -0.4 is 5.32 Å². The molecule has 0 aliphatic rings. The van der Waals surface area contributed by atoms with E-state index in [0.29, 0.717) is 17.9 Å². The Balaban J connectivity index is 3.35. The molecule has 0 radical (unpaired) electrons. The van der Waals surface area contributed by atoms with Crippen LogP contribution in [-0.4, -0.2) is 24.8 Å². The minimum Gasteiger partial charge on any atom is -0.396 e. The van der Waals surface area contributed by atoms with E-state index in [0.717, 1.165) is 19.5 Å². The first-order valence-corrected chi connectivity index (χ1v) is 5.33.